The molecule has 2 rings (SSSR count). The molecule has 170 valence electrons. The minimum absolute atomic E-state index is 0.0761. The molecule has 0 aliphatic heterocycles. The topological polar surface area (TPSA) is 102 Å². The van der Waals surface area contributed by atoms with Crippen LogP contribution in [0.25, 0.3) is 0 Å². The SMILES string of the molecule is CCOC(=O)c1ccc(NC(=O)CSC(=O)CNC(=O)[C@@H](C)Cc2ccc(C)cc2)cc1. The van der Waals surface area contributed by atoms with Gasteiger partial charge in [-0.25, -0.2) is 4.79 Å². The van der Waals surface area contributed by atoms with Crippen LogP contribution < -0.4 is 10.6 Å². The predicted octanol–water partition coefficient (Wildman–Crippen LogP) is 3.37. The van der Waals surface area contributed by atoms with E-state index in [0.29, 0.717) is 17.7 Å². The molecule has 1 atom stereocenters. The lowest BCUT2D eigenvalue weighted by molar-refractivity contribution is -0.125. The first kappa shape index (κ1) is 25.1. The average molecular weight is 457 g/mol. The molecule has 0 unspecified atom stereocenters. The largest absolute Gasteiger partial charge is 0.462 e. The highest BCUT2D eigenvalue weighted by atomic mass is 32.2. The predicted molar refractivity (Wildman–Crippen MR) is 126 cm³/mol. The Morgan fingerprint density at radius 2 is 1.66 bits per heavy atom. The number of benzene rings is 2. The first-order chi connectivity index (χ1) is 15.3. The molecule has 2 amide bonds. The molecule has 0 saturated carbocycles. The second-order valence-electron chi connectivity index (χ2n) is 7.32. The van der Waals surface area contributed by atoms with E-state index in [2.05, 4.69) is 10.6 Å². The maximum absolute atomic E-state index is 12.2. The minimum atomic E-state index is -0.429. The average Bonchev–Trinajstić information content (AvgIpc) is 2.78. The highest BCUT2D eigenvalue weighted by Crippen LogP contribution is 2.13. The summed E-state index contributed by atoms with van der Waals surface area (Å²) in [6, 6.07) is 14.3. The first-order valence-electron chi connectivity index (χ1n) is 10.3. The lowest BCUT2D eigenvalue weighted by atomic mass is 9.99. The zero-order chi connectivity index (χ0) is 23.5. The highest BCUT2D eigenvalue weighted by Gasteiger charge is 2.15. The van der Waals surface area contributed by atoms with E-state index in [1.165, 1.54) is 0 Å². The fraction of sp³-hybridized carbons (Fsp3) is 0.333. The van der Waals surface area contributed by atoms with Crippen molar-refractivity contribution in [3.05, 3.63) is 65.2 Å². The Morgan fingerprint density at radius 3 is 2.28 bits per heavy atom. The van der Waals surface area contributed by atoms with Crippen LogP contribution in [0.1, 0.15) is 35.3 Å². The molecule has 0 spiro atoms. The number of nitrogens with one attached hydrogen (secondary N) is 2. The van der Waals surface area contributed by atoms with Gasteiger partial charge in [0.2, 0.25) is 16.9 Å². The Labute approximate surface area is 192 Å². The molecule has 0 aliphatic rings. The molecule has 0 aliphatic carbocycles. The summed E-state index contributed by atoms with van der Waals surface area (Å²) in [4.78, 5) is 47.9. The van der Waals surface area contributed by atoms with Crippen LogP contribution in [-0.2, 0) is 25.5 Å². The molecule has 0 aromatic heterocycles. The van der Waals surface area contributed by atoms with Gasteiger partial charge in [0.05, 0.1) is 24.5 Å². The molecule has 2 aromatic rings. The third kappa shape index (κ3) is 8.55. The van der Waals surface area contributed by atoms with E-state index < -0.39 is 5.97 Å². The summed E-state index contributed by atoms with van der Waals surface area (Å²) in [5, 5.41) is 4.99. The van der Waals surface area contributed by atoms with Gasteiger partial charge in [-0.3, -0.25) is 14.4 Å². The Hall–Kier alpha value is -3.13. The van der Waals surface area contributed by atoms with Gasteiger partial charge in [-0.15, -0.1) is 0 Å². The number of anilines is 1. The molecule has 0 saturated heterocycles. The molecule has 0 heterocycles. The number of hydrogen-bond donors (Lipinski definition) is 2. The van der Waals surface area contributed by atoms with Crippen molar-refractivity contribution >= 4 is 40.3 Å². The number of carbonyl (C=O) groups excluding carboxylic acids is 4. The highest BCUT2D eigenvalue weighted by molar-refractivity contribution is 8.14. The molecule has 2 aromatic carbocycles. The van der Waals surface area contributed by atoms with E-state index in [-0.39, 0.29) is 41.8 Å². The van der Waals surface area contributed by atoms with Crippen LogP contribution in [-0.4, -0.2) is 41.8 Å². The van der Waals surface area contributed by atoms with Gasteiger partial charge in [0.25, 0.3) is 0 Å². The molecule has 0 bridgehead atoms. The van der Waals surface area contributed by atoms with Crippen molar-refractivity contribution in [2.24, 2.45) is 5.92 Å². The summed E-state index contributed by atoms with van der Waals surface area (Å²) in [6.45, 7) is 5.69. The summed E-state index contributed by atoms with van der Waals surface area (Å²) >= 11 is 0.838. The van der Waals surface area contributed by atoms with Crippen molar-refractivity contribution in [2.45, 2.75) is 27.2 Å². The normalized spacial score (nSPS) is 11.3. The van der Waals surface area contributed by atoms with Crippen LogP contribution in [0.2, 0.25) is 0 Å². The number of esters is 1. The molecule has 0 radical (unpaired) electrons. The third-order valence-electron chi connectivity index (χ3n) is 4.56. The summed E-state index contributed by atoms with van der Waals surface area (Å²) in [5.74, 6) is -1.33. The van der Waals surface area contributed by atoms with Crippen molar-refractivity contribution in [2.75, 3.05) is 24.2 Å². The fourth-order valence-electron chi connectivity index (χ4n) is 2.80. The van der Waals surface area contributed by atoms with Crippen molar-refractivity contribution in [3.63, 3.8) is 0 Å². The van der Waals surface area contributed by atoms with E-state index in [4.69, 9.17) is 4.74 Å². The zero-order valence-electron chi connectivity index (χ0n) is 18.5. The number of hydrogen-bond acceptors (Lipinski definition) is 6. The Balaban J connectivity index is 1.69. The number of thioether (sulfide) groups is 1. The second-order valence-corrected chi connectivity index (χ2v) is 8.35. The van der Waals surface area contributed by atoms with Gasteiger partial charge in [-0.2, -0.15) is 0 Å². The summed E-state index contributed by atoms with van der Waals surface area (Å²) in [7, 11) is 0. The van der Waals surface area contributed by atoms with E-state index in [0.717, 1.165) is 22.9 Å². The van der Waals surface area contributed by atoms with E-state index in [9.17, 15) is 19.2 Å². The van der Waals surface area contributed by atoms with E-state index >= 15 is 0 Å². The van der Waals surface area contributed by atoms with Gasteiger partial charge in [0, 0.05) is 11.6 Å². The lowest BCUT2D eigenvalue weighted by Crippen LogP contribution is -2.34. The van der Waals surface area contributed by atoms with Gasteiger partial charge >= 0.3 is 5.97 Å². The number of carbonyl (C=O) groups is 4. The van der Waals surface area contributed by atoms with Crippen molar-refractivity contribution < 1.29 is 23.9 Å². The molecule has 32 heavy (non-hydrogen) atoms. The smallest absolute Gasteiger partial charge is 0.338 e. The van der Waals surface area contributed by atoms with Gasteiger partial charge in [-0.05, 0) is 50.1 Å². The van der Waals surface area contributed by atoms with Gasteiger partial charge < -0.3 is 15.4 Å². The summed E-state index contributed by atoms with van der Waals surface area (Å²) < 4.78 is 4.91. The molecule has 0 fully saturated rings. The molecular weight excluding hydrogens is 428 g/mol. The maximum atomic E-state index is 12.2. The zero-order valence-corrected chi connectivity index (χ0v) is 19.3. The molecule has 7 nitrogen and oxygen atoms in total. The van der Waals surface area contributed by atoms with Gasteiger partial charge in [-0.1, -0.05) is 48.5 Å². The molecular formula is C24H28N2O5S. The van der Waals surface area contributed by atoms with Crippen LogP contribution in [0.5, 0.6) is 0 Å². The number of ether oxygens (including phenoxy) is 1. The van der Waals surface area contributed by atoms with Crippen molar-refractivity contribution in [1.82, 2.24) is 5.32 Å². The number of rotatable bonds is 10. The van der Waals surface area contributed by atoms with Crippen molar-refractivity contribution in [1.29, 1.82) is 0 Å². The maximum Gasteiger partial charge on any atom is 0.338 e. The number of amides is 2. The Bertz CT molecular complexity index is 942. The Morgan fingerprint density at radius 1 is 1.00 bits per heavy atom. The van der Waals surface area contributed by atoms with Crippen LogP contribution in [0.4, 0.5) is 5.69 Å². The lowest BCUT2D eigenvalue weighted by Gasteiger charge is -2.12. The monoisotopic (exact) mass is 456 g/mol. The number of aryl methyl sites for hydroxylation is 1. The first-order valence-corrected chi connectivity index (χ1v) is 11.3. The van der Waals surface area contributed by atoms with Gasteiger partial charge in [0.15, 0.2) is 0 Å². The summed E-state index contributed by atoms with van der Waals surface area (Å²) in [6.07, 6.45) is 0.588. The fourth-order valence-corrected chi connectivity index (χ4v) is 3.34. The van der Waals surface area contributed by atoms with Crippen molar-refractivity contribution in [3.8, 4) is 0 Å². The Kier molecular flexibility index (Phi) is 9.94. The second kappa shape index (κ2) is 12.7. The van der Waals surface area contributed by atoms with Crippen LogP contribution in [0, 0.1) is 12.8 Å². The quantitative estimate of drug-likeness (QED) is 0.532. The minimum Gasteiger partial charge on any atom is -0.462 e. The third-order valence-corrected chi connectivity index (χ3v) is 5.43. The summed E-state index contributed by atoms with van der Waals surface area (Å²) in [5.41, 5.74) is 3.12. The standard InChI is InChI=1S/C24H28N2O5S/c1-4-31-24(30)19-9-11-20(12-10-19)26-21(27)15-32-22(28)14-25-23(29)17(3)13-18-7-5-16(2)6-8-18/h5-12,17H,4,13-15H2,1-3H3,(H,25,29)(H,26,27)/t17-/m0/s1. The van der Waals surface area contributed by atoms with Crippen LogP contribution in [0.3, 0.4) is 0 Å². The van der Waals surface area contributed by atoms with Crippen LogP contribution >= 0.6 is 11.8 Å². The van der Waals surface area contributed by atoms with E-state index in [1.807, 2.05) is 38.1 Å². The molecule has 2 N–H and O–H groups in total. The van der Waals surface area contributed by atoms with E-state index in [1.54, 1.807) is 31.2 Å². The van der Waals surface area contributed by atoms with Gasteiger partial charge in [0.1, 0.15) is 0 Å². The molecule has 8 heteroatoms. The van der Waals surface area contributed by atoms with Crippen LogP contribution in [0.15, 0.2) is 48.5 Å².